The Morgan fingerprint density at radius 2 is 0.962 bits per heavy atom. The van der Waals surface area contributed by atoms with Gasteiger partial charge in [-0.3, -0.25) is 0 Å². The Hall–Kier alpha value is -5.77. The number of rotatable bonds is 14. The molecular weight excluding hydrogens is 661 g/mol. The van der Waals surface area contributed by atoms with Gasteiger partial charge in [-0.25, -0.2) is 9.97 Å². The number of nitrogens with zero attached hydrogens (tertiary/aromatic N) is 5. The predicted molar refractivity (Wildman–Crippen MR) is 215 cm³/mol. The molecule has 3 N–H and O–H groups in total. The van der Waals surface area contributed by atoms with E-state index in [1.807, 2.05) is 60.7 Å². The fraction of sp³-hybridized carbons (Fsp3) is 0.326. The molecular formula is C43H48N8O2. The van der Waals surface area contributed by atoms with Gasteiger partial charge in [-0.2, -0.15) is 15.0 Å². The van der Waals surface area contributed by atoms with Crippen molar-refractivity contribution >= 4 is 51.4 Å². The predicted octanol–water partition coefficient (Wildman–Crippen LogP) is 11.6. The molecule has 0 fully saturated rings. The first-order valence-corrected chi connectivity index (χ1v) is 18.6. The van der Waals surface area contributed by atoms with Crippen molar-refractivity contribution in [2.24, 2.45) is 0 Å². The molecule has 0 aliphatic carbocycles. The summed E-state index contributed by atoms with van der Waals surface area (Å²) < 4.78 is 12.2. The Morgan fingerprint density at radius 3 is 1.38 bits per heavy atom. The number of nitrogens with one attached hydrogen (secondary N) is 3. The molecule has 3 aromatic heterocycles. The lowest BCUT2D eigenvalue weighted by molar-refractivity contribution is 0.506. The Labute approximate surface area is 310 Å². The topological polar surface area (TPSA) is 127 Å². The maximum atomic E-state index is 6.12. The highest BCUT2D eigenvalue weighted by Crippen LogP contribution is 2.34. The van der Waals surface area contributed by atoms with Gasteiger partial charge in [0.05, 0.1) is 0 Å². The van der Waals surface area contributed by atoms with Gasteiger partial charge in [-0.15, -0.1) is 0 Å². The highest BCUT2D eigenvalue weighted by molar-refractivity contribution is 5.79. The molecule has 0 saturated carbocycles. The van der Waals surface area contributed by atoms with Crippen molar-refractivity contribution in [3.05, 3.63) is 96.1 Å². The highest BCUT2D eigenvalue weighted by atomic mass is 16.4. The SMILES string of the molecule is CCCCNc1nc(Nc2ccc(-c3nc4cc(C(C)(C)CC)ccc4o3)cc2)nc(Nc2ccc(-c3nc4cc(C(C)(C)CC)ccc4o3)cc2)n1. The van der Waals surface area contributed by atoms with Crippen molar-refractivity contribution in [3.63, 3.8) is 0 Å². The normalized spacial score (nSPS) is 12.1. The second kappa shape index (κ2) is 14.7. The van der Waals surface area contributed by atoms with E-state index < -0.39 is 0 Å². The van der Waals surface area contributed by atoms with E-state index in [9.17, 15) is 0 Å². The molecule has 10 nitrogen and oxygen atoms in total. The third-order valence-corrected chi connectivity index (χ3v) is 10.3. The van der Waals surface area contributed by atoms with Gasteiger partial charge in [0.25, 0.3) is 0 Å². The summed E-state index contributed by atoms with van der Waals surface area (Å²) in [4.78, 5) is 23.6. The zero-order valence-corrected chi connectivity index (χ0v) is 31.7. The first-order valence-electron chi connectivity index (χ1n) is 18.6. The monoisotopic (exact) mass is 708 g/mol. The van der Waals surface area contributed by atoms with Crippen LogP contribution in [-0.4, -0.2) is 31.5 Å². The molecule has 7 aromatic rings. The second-order valence-electron chi connectivity index (χ2n) is 14.9. The van der Waals surface area contributed by atoms with Crippen LogP contribution in [0.2, 0.25) is 0 Å². The van der Waals surface area contributed by atoms with E-state index in [1.54, 1.807) is 0 Å². The van der Waals surface area contributed by atoms with Gasteiger partial charge in [0.1, 0.15) is 11.0 Å². The number of oxazole rings is 2. The molecule has 4 aromatic carbocycles. The lowest BCUT2D eigenvalue weighted by Crippen LogP contribution is -2.14. The molecule has 0 bridgehead atoms. The first-order chi connectivity index (χ1) is 25.5. The molecule has 0 unspecified atom stereocenters. The van der Waals surface area contributed by atoms with Crippen LogP contribution in [0.25, 0.3) is 45.1 Å². The fourth-order valence-corrected chi connectivity index (χ4v) is 5.95. The number of hydrogen-bond donors (Lipinski definition) is 3. The van der Waals surface area contributed by atoms with Gasteiger partial charge in [-0.05, 0) is 114 Å². The highest BCUT2D eigenvalue weighted by Gasteiger charge is 2.21. The molecule has 7 rings (SSSR count). The molecule has 0 radical (unpaired) electrons. The second-order valence-corrected chi connectivity index (χ2v) is 14.9. The molecule has 272 valence electrons. The van der Waals surface area contributed by atoms with Crippen molar-refractivity contribution in [1.82, 2.24) is 24.9 Å². The zero-order chi connectivity index (χ0) is 37.2. The Kier molecular flexibility index (Phi) is 9.88. The quantitative estimate of drug-likeness (QED) is 0.0939. The van der Waals surface area contributed by atoms with Crippen molar-refractivity contribution in [2.75, 3.05) is 22.5 Å². The summed E-state index contributed by atoms with van der Waals surface area (Å²) >= 11 is 0. The van der Waals surface area contributed by atoms with Crippen LogP contribution in [0.4, 0.5) is 29.2 Å². The Morgan fingerprint density at radius 1 is 0.528 bits per heavy atom. The van der Waals surface area contributed by atoms with Gasteiger partial charge in [-0.1, -0.05) is 67.0 Å². The molecule has 0 aliphatic heterocycles. The van der Waals surface area contributed by atoms with Gasteiger partial charge >= 0.3 is 0 Å². The average molecular weight is 709 g/mol. The summed E-state index contributed by atoms with van der Waals surface area (Å²) in [7, 11) is 0. The van der Waals surface area contributed by atoms with Crippen molar-refractivity contribution in [1.29, 1.82) is 0 Å². The van der Waals surface area contributed by atoms with Crippen molar-refractivity contribution in [3.8, 4) is 22.9 Å². The summed E-state index contributed by atoms with van der Waals surface area (Å²) in [6, 6.07) is 28.4. The lowest BCUT2D eigenvalue weighted by atomic mass is 9.82. The van der Waals surface area contributed by atoms with Crippen LogP contribution in [-0.2, 0) is 10.8 Å². The largest absolute Gasteiger partial charge is 0.436 e. The van der Waals surface area contributed by atoms with Crippen molar-refractivity contribution < 1.29 is 8.83 Å². The number of hydrogen-bond acceptors (Lipinski definition) is 10. The number of aromatic nitrogens is 5. The van der Waals surface area contributed by atoms with Crippen LogP contribution in [0.1, 0.15) is 85.3 Å². The van der Waals surface area contributed by atoms with E-state index >= 15 is 0 Å². The van der Waals surface area contributed by atoms with E-state index in [0.717, 1.165) is 76.9 Å². The molecule has 0 amide bonds. The number of unbranched alkanes of at least 4 members (excludes halogenated alkanes) is 1. The van der Waals surface area contributed by atoms with E-state index in [2.05, 4.69) is 98.6 Å². The zero-order valence-electron chi connectivity index (χ0n) is 31.7. The van der Waals surface area contributed by atoms with Crippen LogP contribution in [0.15, 0.2) is 93.8 Å². The molecule has 0 saturated heterocycles. The Bertz CT molecular complexity index is 2180. The van der Waals surface area contributed by atoms with Crippen LogP contribution in [0.3, 0.4) is 0 Å². The van der Waals surface area contributed by atoms with E-state index in [0.29, 0.717) is 29.6 Å². The van der Waals surface area contributed by atoms with Crippen LogP contribution >= 0.6 is 0 Å². The van der Waals surface area contributed by atoms with Crippen molar-refractivity contribution in [2.45, 2.75) is 85.0 Å². The summed E-state index contributed by atoms with van der Waals surface area (Å²) in [5.74, 6) is 2.48. The van der Waals surface area contributed by atoms with Crippen LogP contribution in [0, 0.1) is 0 Å². The van der Waals surface area contributed by atoms with Gasteiger partial charge in [0.2, 0.25) is 29.6 Å². The maximum Gasteiger partial charge on any atom is 0.233 e. The minimum atomic E-state index is 0.0754. The summed E-state index contributed by atoms with van der Waals surface area (Å²) in [6.07, 6.45) is 4.14. The number of fused-ring (bicyclic) bond motifs is 2. The van der Waals surface area contributed by atoms with Gasteiger partial charge in [0, 0.05) is 29.0 Å². The molecule has 53 heavy (non-hydrogen) atoms. The summed E-state index contributed by atoms with van der Waals surface area (Å²) in [5.41, 5.74) is 9.34. The maximum absolute atomic E-state index is 6.12. The van der Waals surface area contributed by atoms with Gasteiger partial charge < -0.3 is 24.8 Å². The molecule has 0 spiro atoms. The third-order valence-electron chi connectivity index (χ3n) is 10.3. The number of benzene rings is 4. The standard InChI is InChI=1S/C43H48N8O2/c1-8-11-24-44-39-49-40(45-31-18-12-27(13-19-31)37-47-33-25-29(42(4,5)9-2)16-22-35(33)52-37)51-41(50-39)46-32-20-14-28(15-21-32)38-48-34-26-30(43(6,7)10-3)17-23-36(34)53-38/h12-23,25-26H,8-11,24H2,1-7H3,(H3,44,45,46,49,50,51). The summed E-state index contributed by atoms with van der Waals surface area (Å²) in [6.45, 7) is 16.3. The minimum Gasteiger partial charge on any atom is -0.436 e. The fourth-order valence-electron chi connectivity index (χ4n) is 5.95. The van der Waals surface area contributed by atoms with Crippen LogP contribution in [0.5, 0.6) is 0 Å². The summed E-state index contributed by atoms with van der Waals surface area (Å²) in [5, 5.41) is 10.0. The average Bonchev–Trinajstić information content (AvgIpc) is 3.80. The molecule has 0 atom stereocenters. The van der Waals surface area contributed by atoms with Gasteiger partial charge in [0.15, 0.2) is 11.2 Å². The van der Waals surface area contributed by atoms with E-state index in [1.165, 1.54) is 11.1 Å². The molecule has 3 heterocycles. The Balaban J connectivity index is 1.08. The number of anilines is 5. The smallest absolute Gasteiger partial charge is 0.233 e. The molecule has 10 heteroatoms. The third kappa shape index (κ3) is 7.87. The molecule has 0 aliphatic rings. The van der Waals surface area contributed by atoms with E-state index in [-0.39, 0.29) is 10.8 Å². The minimum absolute atomic E-state index is 0.0754. The lowest BCUT2D eigenvalue weighted by Gasteiger charge is -2.22. The van der Waals surface area contributed by atoms with Crippen LogP contribution < -0.4 is 16.0 Å². The van der Waals surface area contributed by atoms with E-state index in [4.69, 9.17) is 23.8 Å². The first kappa shape index (κ1) is 35.6.